The van der Waals surface area contributed by atoms with Crippen LogP contribution in [0.25, 0.3) is 33.2 Å². The number of alkyl carbamates (subject to hydrolysis) is 1. The lowest BCUT2D eigenvalue weighted by molar-refractivity contribution is -0.135. The molecule has 3 amide bonds. The zero-order valence-electron chi connectivity index (χ0n) is 31.8. The number of rotatable bonds is 14. The van der Waals surface area contributed by atoms with E-state index in [1.54, 1.807) is 0 Å². The van der Waals surface area contributed by atoms with Crippen LogP contribution in [0.2, 0.25) is 0 Å². The lowest BCUT2D eigenvalue weighted by Gasteiger charge is -2.30. The Morgan fingerprint density at radius 3 is 2.37 bits per heavy atom. The van der Waals surface area contributed by atoms with Gasteiger partial charge >= 0.3 is 6.09 Å². The summed E-state index contributed by atoms with van der Waals surface area (Å²) in [6, 6.07) is 20.3. The van der Waals surface area contributed by atoms with Crippen molar-refractivity contribution in [1.29, 1.82) is 0 Å². The highest BCUT2D eigenvalue weighted by Gasteiger charge is 2.37. The number of hydrogen-bond acceptors (Lipinski definition) is 7. The van der Waals surface area contributed by atoms with Crippen molar-refractivity contribution in [3.05, 3.63) is 78.2 Å². The number of carbonyl (C=O) groups is 3. The summed E-state index contributed by atoms with van der Waals surface area (Å²) in [5.74, 6) is 1.91. The molecule has 0 aliphatic carbocycles. The Labute approximate surface area is 322 Å². The summed E-state index contributed by atoms with van der Waals surface area (Å²) in [6.45, 7) is 9.20. The molecule has 3 heterocycles. The van der Waals surface area contributed by atoms with Crippen LogP contribution in [0.4, 0.5) is 4.79 Å². The van der Waals surface area contributed by atoms with Crippen LogP contribution in [-0.2, 0) is 14.3 Å². The number of nitrogens with one attached hydrogen (secondary N) is 4. The van der Waals surface area contributed by atoms with Crippen molar-refractivity contribution in [1.82, 2.24) is 30.8 Å². The number of benzene rings is 3. The van der Waals surface area contributed by atoms with Gasteiger partial charge in [0.1, 0.15) is 23.4 Å². The van der Waals surface area contributed by atoms with E-state index >= 15 is 0 Å². The van der Waals surface area contributed by atoms with E-state index in [4.69, 9.17) is 26.3 Å². The third-order valence-corrected chi connectivity index (χ3v) is 10.6. The van der Waals surface area contributed by atoms with Gasteiger partial charge in [-0.2, -0.15) is 0 Å². The molecule has 4 N–H and O–H groups in total. The molecule has 6 rings (SSSR count). The SMILES string of the molecule is COC(=O)N[C@H](C(=O)N1CCC[C@H]1c1ncc(-c2ccc3cc(-c4ccc(C5N=C(CCCCNC(=O)CC(C)C)NC5Cl)cc4)ccc3c2)[nH]1)C(C)C. The molecule has 286 valence electrons. The van der Waals surface area contributed by atoms with Crippen molar-refractivity contribution in [2.75, 3.05) is 20.2 Å². The molecule has 3 aromatic carbocycles. The topological polar surface area (TPSA) is 141 Å². The van der Waals surface area contributed by atoms with Gasteiger partial charge in [-0.3, -0.25) is 14.6 Å². The van der Waals surface area contributed by atoms with E-state index in [1.807, 2.05) is 38.8 Å². The Morgan fingerprint density at radius 1 is 0.963 bits per heavy atom. The van der Waals surface area contributed by atoms with Gasteiger partial charge in [0.25, 0.3) is 0 Å². The van der Waals surface area contributed by atoms with E-state index < -0.39 is 12.1 Å². The fraction of sp³-hybridized carbons (Fsp3) is 0.452. The Balaban J connectivity index is 1.08. The van der Waals surface area contributed by atoms with Crippen molar-refractivity contribution in [2.45, 2.75) is 89.8 Å². The molecule has 2 unspecified atom stereocenters. The van der Waals surface area contributed by atoms with E-state index in [0.717, 1.165) is 82.5 Å². The Kier molecular flexibility index (Phi) is 12.6. The van der Waals surface area contributed by atoms with Gasteiger partial charge in [-0.05, 0) is 77.1 Å². The number of alkyl halides is 1. The maximum atomic E-state index is 13.6. The number of amides is 3. The van der Waals surface area contributed by atoms with Gasteiger partial charge in [-0.15, -0.1) is 0 Å². The first-order valence-electron chi connectivity index (χ1n) is 19.1. The van der Waals surface area contributed by atoms with E-state index in [9.17, 15) is 14.4 Å². The van der Waals surface area contributed by atoms with Crippen molar-refractivity contribution >= 4 is 46.1 Å². The van der Waals surface area contributed by atoms with Crippen molar-refractivity contribution in [2.24, 2.45) is 16.8 Å². The average molecular weight is 754 g/mol. The quantitative estimate of drug-likeness (QED) is 0.0587. The summed E-state index contributed by atoms with van der Waals surface area (Å²) in [4.78, 5) is 52.3. The second kappa shape index (κ2) is 17.5. The molecular formula is C42H52ClN7O4. The van der Waals surface area contributed by atoms with Crippen LogP contribution in [0.15, 0.2) is 71.9 Å². The normalized spacial score (nSPS) is 18.9. The molecule has 12 heteroatoms. The number of unbranched alkanes of at least 4 members (excludes halogenated alkanes) is 1. The predicted octanol–water partition coefficient (Wildman–Crippen LogP) is 7.88. The second-order valence-electron chi connectivity index (χ2n) is 15.1. The number of amidine groups is 1. The first-order valence-corrected chi connectivity index (χ1v) is 19.5. The van der Waals surface area contributed by atoms with E-state index in [2.05, 4.69) is 81.6 Å². The van der Waals surface area contributed by atoms with Crippen LogP contribution in [0.3, 0.4) is 0 Å². The highest BCUT2D eigenvalue weighted by molar-refractivity contribution is 6.22. The molecule has 0 spiro atoms. The first-order chi connectivity index (χ1) is 26.0. The summed E-state index contributed by atoms with van der Waals surface area (Å²) >= 11 is 6.69. The van der Waals surface area contributed by atoms with Crippen molar-refractivity contribution < 1.29 is 19.1 Å². The Bertz CT molecular complexity index is 1970. The summed E-state index contributed by atoms with van der Waals surface area (Å²) in [5.41, 5.74) is 4.89. The summed E-state index contributed by atoms with van der Waals surface area (Å²) in [6.07, 6.45) is 6.05. The number of imidazole rings is 1. The van der Waals surface area contributed by atoms with Crippen LogP contribution in [0.5, 0.6) is 0 Å². The van der Waals surface area contributed by atoms with Crippen LogP contribution in [0.1, 0.15) is 89.7 Å². The number of carbonyl (C=O) groups excluding carboxylic acids is 3. The zero-order chi connectivity index (χ0) is 38.4. The van der Waals surface area contributed by atoms with Gasteiger partial charge in [0, 0.05) is 31.5 Å². The number of aliphatic imine (C=N–C) groups is 1. The maximum absolute atomic E-state index is 13.6. The predicted molar refractivity (Wildman–Crippen MR) is 214 cm³/mol. The number of halogens is 1. The molecular weight excluding hydrogens is 702 g/mol. The summed E-state index contributed by atoms with van der Waals surface area (Å²) in [5, 5.41) is 11.3. The van der Waals surface area contributed by atoms with Gasteiger partial charge in [0.15, 0.2) is 0 Å². The number of methoxy groups -OCH3 is 1. The fourth-order valence-electron chi connectivity index (χ4n) is 7.29. The minimum Gasteiger partial charge on any atom is -0.453 e. The highest BCUT2D eigenvalue weighted by Crippen LogP contribution is 2.35. The monoisotopic (exact) mass is 753 g/mol. The number of hydrogen-bond donors (Lipinski definition) is 4. The molecule has 0 radical (unpaired) electrons. The highest BCUT2D eigenvalue weighted by atomic mass is 35.5. The maximum Gasteiger partial charge on any atom is 0.407 e. The van der Waals surface area contributed by atoms with E-state index in [0.29, 0.717) is 25.4 Å². The number of ether oxygens (including phenoxy) is 1. The average Bonchev–Trinajstić information content (AvgIpc) is 3.93. The summed E-state index contributed by atoms with van der Waals surface area (Å²) < 4.78 is 4.76. The van der Waals surface area contributed by atoms with Crippen LogP contribution in [0, 0.1) is 11.8 Å². The molecule has 1 aromatic heterocycles. The number of aromatic nitrogens is 2. The van der Waals surface area contributed by atoms with Crippen LogP contribution in [-0.4, -0.2) is 70.4 Å². The van der Waals surface area contributed by atoms with E-state index in [1.165, 1.54) is 7.11 Å². The van der Waals surface area contributed by atoms with Crippen LogP contribution < -0.4 is 16.0 Å². The molecule has 4 atom stereocenters. The molecule has 0 bridgehead atoms. The lowest BCUT2D eigenvalue weighted by atomic mass is 9.97. The second-order valence-corrected chi connectivity index (χ2v) is 15.6. The Morgan fingerprint density at radius 2 is 1.67 bits per heavy atom. The largest absolute Gasteiger partial charge is 0.453 e. The fourth-order valence-corrected chi connectivity index (χ4v) is 7.62. The first kappa shape index (κ1) is 38.8. The van der Waals surface area contributed by atoms with Crippen molar-refractivity contribution in [3.63, 3.8) is 0 Å². The standard InChI is InChI=1S/C42H52ClN7O4/c1-25(2)21-36(51)44-19-7-6-10-35-47-38(39(43)48-35)28-13-11-27(12-14-28)29-15-16-31-23-32(18-17-30(31)22-29)33-24-45-40(46-33)34-9-8-20-50(34)41(52)37(26(3)4)49-42(53)54-5/h11-18,22-26,34,37-39H,6-10,19-21H2,1-5H3,(H,44,51)(H,45,46)(H,47,48)(H,49,53)/t34-,37-,38?,39?/m0/s1. The molecule has 4 aromatic rings. The molecule has 0 saturated carbocycles. The molecule has 2 aliphatic heterocycles. The summed E-state index contributed by atoms with van der Waals surface area (Å²) in [7, 11) is 1.30. The number of fused-ring (bicyclic) bond motifs is 1. The van der Waals surface area contributed by atoms with Crippen LogP contribution >= 0.6 is 11.6 Å². The number of H-pyrrole nitrogens is 1. The zero-order valence-corrected chi connectivity index (χ0v) is 32.6. The van der Waals surface area contributed by atoms with Crippen molar-refractivity contribution in [3.8, 4) is 22.4 Å². The minimum absolute atomic E-state index is 0.0946. The minimum atomic E-state index is -0.677. The smallest absolute Gasteiger partial charge is 0.407 e. The molecule has 54 heavy (non-hydrogen) atoms. The van der Waals surface area contributed by atoms with Gasteiger partial charge in [0.05, 0.1) is 30.9 Å². The van der Waals surface area contributed by atoms with Gasteiger partial charge in [-0.1, -0.05) is 87.8 Å². The Hall–Kier alpha value is -4.90. The number of aromatic amines is 1. The van der Waals surface area contributed by atoms with Gasteiger partial charge < -0.3 is 30.6 Å². The molecule has 1 saturated heterocycles. The third kappa shape index (κ3) is 9.24. The lowest BCUT2D eigenvalue weighted by Crippen LogP contribution is -2.51. The number of likely N-dealkylation sites (tertiary alicyclic amines) is 1. The molecule has 1 fully saturated rings. The van der Waals surface area contributed by atoms with Gasteiger partial charge in [-0.25, -0.2) is 9.78 Å². The van der Waals surface area contributed by atoms with E-state index in [-0.39, 0.29) is 35.3 Å². The molecule has 11 nitrogen and oxygen atoms in total. The number of nitrogens with zero attached hydrogens (tertiary/aromatic N) is 3. The third-order valence-electron chi connectivity index (χ3n) is 10.2. The van der Waals surface area contributed by atoms with Gasteiger partial charge in [0.2, 0.25) is 11.8 Å². The molecule has 2 aliphatic rings.